The minimum Gasteiger partial charge on any atom is -0.320 e. The zero-order valence-electron chi connectivity index (χ0n) is 8.70. The van der Waals surface area contributed by atoms with Gasteiger partial charge in [-0.15, -0.1) is 0 Å². The van der Waals surface area contributed by atoms with Gasteiger partial charge in [-0.3, -0.25) is 4.98 Å². The van der Waals surface area contributed by atoms with Crippen LogP contribution in [0.15, 0.2) is 36.7 Å². The molecule has 0 bridgehead atoms. The molecule has 2 aromatic rings. The molecule has 1 heterocycles. The Labute approximate surface area is 95.9 Å². The van der Waals surface area contributed by atoms with E-state index < -0.39 is 23.5 Å². The van der Waals surface area contributed by atoms with Crippen LogP contribution in [0.25, 0.3) is 0 Å². The van der Waals surface area contributed by atoms with Gasteiger partial charge < -0.3 is 5.73 Å². The van der Waals surface area contributed by atoms with Gasteiger partial charge in [-0.25, -0.2) is 13.2 Å². The molecule has 0 saturated carbocycles. The molecule has 0 spiro atoms. The zero-order chi connectivity index (χ0) is 12.4. The van der Waals surface area contributed by atoms with Crippen molar-refractivity contribution in [2.45, 2.75) is 6.04 Å². The number of benzene rings is 1. The summed E-state index contributed by atoms with van der Waals surface area (Å²) in [5, 5.41) is 0. The van der Waals surface area contributed by atoms with E-state index in [2.05, 4.69) is 4.98 Å². The van der Waals surface area contributed by atoms with Crippen LogP contribution in [0.3, 0.4) is 0 Å². The number of rotatable bonds is 2. The molecular formula is C12H9F3N2. The number of pyridine rings is 1. The van der Waals surface area contributed by atoms with Crippen molar-refractivity contribution < 1.29 is 13.2 Å². The van der Waals surface area contributed by atoms with Gasteiger partial charge in [0.1, 0.15) is 17.5 Å². The molecule has 0 amide bonds. The van der Waals surface area contributed by atoms with E-state index in [9.17, 15) is 13.2 Å². The second-order valence-corrected chi connectivity index (χ2v) is 3.51. The average Bonchev–Trinajstić information content (AvgIpc) is 2.29. The van der Waals surface area contributed by atoms with E-state index in [1.165, 1.54) is 18.3 Å². The fourth-order valence-electron chi connectivity index (χ4n) is 1.60. The molecule has 1 unspecified atom stereocenters. The van der Waals surface area contributed by atoms with Crippen LogP contribution in [0.4, 0.5) is 13.2 Å². The van der Waals surface area contributed by atoms with Crippen molar-refractivity contribution >= 4 is 0 Å². The minimum absolute atomic E-state index is 0.00370. The van der Waals surface area contributed by atoms with Crippen LogP contribution < -0.4 is 5.73 Å². The summed E-state index contributed by atoms with van der Waals surface area (Å²) in [5.41, 5.74) is 5.33. The van der Waals surface area contributed by atoms with Crippen LogP contribution >= 0.6 is 0 Å². The Kier molecular flexibility index (Phi) is 3.10. The summed E-state index contributed by atoms with van der Waals surface area (Å²) < 4.78 is 40.3. The molecule has 2 N–H and O–H groups in total. The second kappa shape index (κ2) is 4.55. The van der Waals surface area contributed by atoms with Crippen molar-refractivity contribution in [3.05, 3.63) is 65.2 Å². The Morgan fingerprint density at radius 3 is 2.24 bits per heavy atom. The molecule has 0 aliphatic carbocycles. The van der Waals surface area contributed by atoms with E-state index in [1.807, 2.05) is 0 Å². The third-order valence-corrected chi connectivity index (χ3v) is 2.45. The third-order valence-electron chi connectivity index (χ3n) is 2.45. The predicted octanol–water partition coefficient (Wildman–Crippen LogP) is 2.55. The van der Waals surface area contributed by atoms with Crippen LogP contribution in [-0.4, -0.2) is 4.98 Å². The first-order valence-corrected chi connectivity index (χ1v) is 4.90. The summed E-state index contributed by atoms with van der Waals surface area (Å²) in [6.45, 7) is 0. The second-order valence-electron chi connectivity index (χ2n) is 3.51. The molecular weight excluding hydrogens is 229 g/mol. The first-order valence-electron chi connectivity index (χ1n) is 4.90. The van der Waals surface area contributed by atoms with Crippen molar-refractivity contribution in [2.75, 3.05) is 0 Å². The van der Waals surface area contributed by atoms with Crippen LogP contribution in [0, 0.1) is 17.5 Å². The largest absolute Gasteiger partial charge is 0.320 e. The third kappa shape index (κ3) is 2.14. The Balaban J connectivity index is 2.51. The summed E-state index contributed by atoms with van der Waals surface area (Å²) in [6.07, 6.45) is 2.27. The summed E-state index contributed by atoms with van der Waals surface area (Å²) in [7, 11) is 0. The summed E-state index contributed by atoms with van der Waals surface area (Å²) in [4.78, 5) is 3.55. The van der Waals surface area contributed by atoms with Crippen molar-refractivity contribution in [1.82, 2.24) is 4.98 Å². The average molecular weight is 238 g/mol. The van der Waals surface area contributed by atoms with E-state index in [0.717, 1.165) is 18.3 Å². The Bertz CT molecular complexity index is 523. The van der Waals surface area contributed by atoms with E-state index in [1.54, 1.807) is 0 Å². The molecule has 2 nitrogen and oxygen atoms in total. The van der Waals surface area contributed by atoms with Gasteiger partial charge in [0.05, 0.1) is 12.2 Å². The lowest BCUT2D eigenvalue weighted by Crippen LogP contribution is -2.17. The predicted molar refractivity (Wildman–Crippen MR) is 56.6 cm³/mol. The van der Waals surface area contributed by atoms with Gasteiger partial charge >= 0.3 is 0 Å². The fourth-order valence-corrected chi connectivity index (χ4v) is 1.60. The molecule has 0 saturated heterocycles. The molecule has 2 rings (SSSR count). The number of nitrogens with zero attached hydrogens (tertiary/aromatic N) is 1. The zero-order valence-corrected chi connectivity index (χ0v) is 8.70. The van der Waals surface area contributed by atoms with Crippen LogP contribution in [0.5, 0.6) is 0 Å². The Morgan fingerprint density at radius 1 is 1.00 bits per heavy atom. The topological polar surface area (TPSA) is 38.9 Å². The lowest BCUT2D eigenvalue weighted by Gasteiger charge is -2.14. The summed E-state index contributed by atoms with van der Waals surface area (Å²) >= 11 is 0. The van der Waals surface area contributed by atoms with Crippen LogP contribution in [0.2, 0.25) is 0 Å². The molecule has 1 aromatic heterocycles. The van der Waals surface area contributed by atoms with E-state index in [0.29, 0.717) is 0 Å². The lowest BCUT2D eigenvalue weighted by molar-refractivity contribution is 0.531. The molecule has 5 heteroatoms. The van der Waals surface area contributed by atoms with Gasteiger partial charge in [0.25, 0.3) is 0 Å². The first-order chi connectivity index (χ1) is 8.11. The number of aromatic nitrogens is 1. The molecule has 88 valence electrons. The van der Waals surface area contributed by atoms with Crippen LogP contribution in [0.1, 0.15) is 17.2 Å². The molecule has 17 heavy (non-hydrogen) atoms. The fraction of sp³-hybridized carbons (Fsp3) is 0.0833. The maximum atomic E-state index is 13.5. The van der Waals surface area contributed by atoms with Gasteiger partial charge in [0, 0.05) is 17.3 Å². The highest BCUT2D eigenvalue weighted by Gasteiger charge is 2.20. The van der Waals surface area contributed by atoms with Crippen molar-refractivity contribution in [3.8, 4) is 0 Å². The van der Waals surface area contributed by atoms with Gasteiger partial charge in [-0.1, -0.05) is 6.07 Å². The highest BCUT2D eigenvalue weighted by molar-refractivity contribution is 5.32. The molecule has 0 fully saturated rings. The van der Waals surface area contributed by atoms with Crippen molar-refractivity contribution in [1.29, 1.82) is 0 Å². The van der Waals surface area contributed by atoms with Crippen LogP contribution in [-0.2, 0) is 0 Å². The monoisotopic (exact) mass is 238 g/mol. The molecule has 0 radical (unpaired) electrons. The van der Waals surface area contributed by atoms with Crippen molar-refractivity contribution in [3.63, 3.8) is 0 Å². The van der Waals surface area contributed by atoms with Crippen molar-refractivity contribution in [2.24, 2.45) is 5.73 Å². The number of hydrogen-bond acceptors (Lipinski definition) is 2. The smallest absolute Gasteiger partial charge is 0.146 e. The SMILES string of the molecule is NC(c1ccncc1F)c1c(F)cccc1F. The van der Waals surface area contributed by atoms with E-state index in [4.69, 9.17) is 5.73 Å². The maximum absolute atomic E-state index is 13.5. The van der Waals surface area contributed by atoms with E-state index in [-0.39, 0.29) is 11.1 Å². The molecule has 1 atom stereocenters. The molecule has 1 aromatic carbocycles. The van der Waals surface area contributed by atoms with Gasteiger partial charge in [-0.2, -0.15) is 0 Å². The van der Waals surface area contributed by atoms with Gasteiger partial charge in [0.15, 0.2) is 0 Å². The van der Waals surface area contributed by atoms with Gasteiger partial charge in [0.2, 0.25) is 0 Å². The highest BCUT2D eigenvalue weighted by atomic mass is 19.1. The quantitative estimate of drug-likeness (QED) is 0.873. The Hall–Kier alpha value is -1.88. The normalized spacial score (nSPS) is 12.5. The summed E-state index contributed by atoms with van der Waals surface area (Å²) in [6, 6.07) is 3.49. The minimum atomic E-state index is -1.20. The molecule has 0 aliphatic heterocycles. The van der Waals surface area contributed by atoms with E-state index >= 15 is 0 Å². The highest BCUT2D eigenvalue weighted by Crippen LogP contribution is 2.25. The Morgan fingerprint density at radius 2 is 1.65 bits per heavy atom. The number of nitrogens with two attached hydrogens (primary N) is 1. The lowest BCUT2D eigenvalue weighted by atomic mass is 9.99. The number of hydrogen-bond donors (Lipinski definition) is 1. The molecule has 0 aliphatic rings. The standard InChI is InChI=1S/C12H9F3N2/c13-8-2-1-3-9(14)11(8)12(16)7-4-5-17-6-10(7)15/h1-6,12H,16H2. The van der Waals surface area contributed by atoms with Gasteiger partial charge in [-0.05, 0) is 18.2 Å². The maximum Gasteiger partial charge on any atom is 0.146 e. The first kappa shape index (κ1) is 11.6. The number of halogens is 3. The summed E-state index contributed by atoms with van der Waals surface area (Å²) in [5.74, 6) is -2.29.